The molecule has 11 heteroatoms. The van der Waals surface area contributed by atoms with Crippen molar-refractivity contribution in [3.8, 4) is 23.2 Å². The summed E-state index contributed by atoms with van der Waals surface area (Å²) in [6.07, 6.45) is 6.94. The van der Waals surface area contributed by atoms with Crippen LogP contribution in [0.25, 0.3) is 27.7 Å². The number of nitrogens with one attached hydrogen (secondary N) is 2. The number of benzene rings is 2. The summed E-state index contributed by atoms with van der Waals surface area (Å²) in [5.41, 5.74) is 4.35. The average Bonchev–Trinajstić information content (AvgIpc) is 3.69. The molecule has 42 heavy (non-hydrogen) atoms. The predicted molar refractivity (Wildman–Crippen MR) is 156 cm³/mol. The molecule has 1 saturated heterocycles. The molecule has 2 atom stereocenters. The van der Waals surface area contributed by atoms with Gasteiger partial charge in [-0.2, -0.15) is 4.98 Å². The first kappa shape index (κ1) is 26.8. The Morgan fingerprint density at radius 1 is 1.14 bits per heavy atom. The summed E-state index contributed by atoms with van der Waals surface area (Å²) < 4.78 is 17.2. The van der Waals surface area contributed by atoms with Crippen molar-refractivity contribution >= 4 is 34.4 Å². The molecule has 6 rings (SSSR count). The molecule has 3 N–H and O–H groups in total. The highest BCUT2D eigenvalue weighted by Gasteiger charge is 2.28. The lowest BCUT2D eigenvalue weighted by atomic mass is 10.0. The number of aliphatic hydroxyl groups is 1. The van der Waals surface area contributed by atoms with E-state index in [0.717, 1.165) is 28.5 Å². The van der Waals surface area contributed by atoms with E-state index in [1.807, 2.05) is 55.0 Å². The quantitative estimate of drug-likeness (QED) is 0.264. The lowest BCUT2D eigenvalue weighted by Gasteiger charge is -2.19. The Hall–Kier alpha value is -5.37. The fraction of sp³-hybridized carbons (Fsp3) is 0.226. The van der Waals surface area contributed by atoms with Gasteiger partial charge in [-0.25, -0.2) is 13.7 Å². The molecule has 2 aromatic carbocycles. The van der Waals surface area contributed by atoms with E-state index in [0.29, 0.717) is 29.7 Å². The highest BCUT2D eigenvalue weighted by Crippen LogP contribution is 2.29. The van der Waals surface area contributed by atoms with Gasteiger partial charge < -0.3 is 19.9 Å². The van der Waals surface area contributed by atoms with Gasteiger partial charge in [0.05, 0.1) is 17.6 Å². The number of amides is 3. The van der Waals surface area contributed by atoms with Crippen LogP contribution in [0.2, 0.25) is 0 Å². The number of nitrogens with zero attached hydrogens (tertiary/aromatic N) is 5. The van der Waals surface area contributed by atoms with Crippen LogP contribution in [-0.2, 0) is 7.05 Å². The lowest BCUT2D eigenvalue weighted by molar-refractivity contribution is 0.0941. The Kier molecular flexibility index (Phi) is 6.96. The van der Waals surface area contributed by atoms with Gasteiger partial charge in [-0.05, 0) is 78.8 Å². The van der Waals surface area contributed by atoms with E-state index in [2.05, 4.69) is 26.6 Å². The third-order valence-electron chi connectivity index (χ3n) is 7.56. The number of likely N-dealkylation sites (tertiary alicyclic amines) is 1. The number of aryl methyl sites for hydroxylation is 1. The highest BCUT2D eigenvalue weighted by atomic mass is 19.1. The number of urea groups is 1. The topological polar surface area (TPSA) is 117 Å². The van der Waals surface area contributed by atoms with Gasteiger partial charge in [-0.3, -0.25) is 10.1 Å². The number of hydrogen-bond donors (Lipinski definition) is 3. The Morgan fingerprint density at radius 3 is 2.79 bits per heavy atom. The van der Waals surface area contributed by atoms with Crippen molar-refractivity contribution < 1.29 is 19.1 Å². The molecule has 0 saturated carbocycles. The number of pyridine rings is 1. The van der Waals surface area contributed by atoms with Crippen LogP contribution < -0.4 is 10.6 Å². The first-order valence-electron chi connectivity index (χ1n) is 13.5. The van der Waals surface area contributed by atoms with Crippen LogP contribution in [0.5, 0.6) is 0 Å². The summed E-state index contributed by atoms with van der Waals surface area (Å²) in [6, 6.07) is 14.7. The minimum absolute atomic E-state index is 0.157. The number of aromatic nitrogens is 4. The summed E-state index contributed by atoms with van der Waals surface area (Å²) in [5, 5.41) is 19.8. The lowest BCUT2D eigenvalue weighted by Crippen LogP contribution is -2.38. The van der Waals surface area contributed by atoms with Crippen molar-refractivity contribution in [3.05, 3.63) is 83.9 Å². The zero-order valence-electron chi connectivity index (χ0n) is 23.0. The molecule has 0 spiro atoms. The number of fused-ring (bicyclic) bond motifs is 2. The van der Waals surface area contributed by atoms with E-state index < -0.39 is 0 Å². The molecule has 0 aliphatic carbocycles. The minimum Gasteiger partial charge on any atom is -0.462 e. The van der Waals surface area contributed by atoms with Gasteiger partial charge in [0, 0.05) is 36.9 Å². The minimum atomic E-state index is -0.379. The molecule has 1 aliphatic rings. The van der Waals surface area contributed by atoms with Crippen molar-refractivity contribution in [1.82, 2.24) is 29.4 Å². The van der Waals surface area contributed by atoms with Gasteiger partial charge in [0.25, 0.3) is 11.9 Å². The molecule has 0 bridgehead atoms. The van der Waals surface area contributed by atoms with E-state index in [4.69, 9.17) is 5.11 Å². The van der Waals surface area contributed by atoms with Crippen molar-refractivity contribution in [1.29, 1.82) is 0 Å². The number of rotatable bonds is 5. The smallest absolute Gasteiger partial charge is 0.325 e. The van der Waals surface area contributed by atoms with Crippen molar-refractivity contribution in [2.24, 2.45) is 7.05 Å². The van der Waals surface area contributed by atoms with Crippen molar-refractivity contribution in [3.63, 3.8) is 0 Å². The van der Waals surface area contributed by atoms with Gasteiger partial charge in [0.15, 0.2) is 5.65 Å². The summed E-state index contributed by atoms with van der Waals surface area (Å²) in [7, 11) is 1.88. The molecule has 1 fully saturated rings. The van der Waals surface area contributed by atoms with Gasteiger partial charge in [-0.15, -0.1) is 5.10 Å². The summed E-state index contributed by atoms with van der Waals surface area (Å²) in [6.45, 7) is 2.36. The van der Waals surface area contributed by atoms with Crippen molar-refractivity contribution in [2.45, 2.75) is 31.8 Å². The van der Waals surface area contributed by atoms with Crippen LogP contribution in [0.3, 0.4) is 0 Å². The number of carbonyl (C=O) groups is 2. The van der Waals surface area contributed by atoms with E-state index in [1.165, 1.54) is 12.1 Å². The normalized spacial score (nSPS) is 15.4. The van der Waals surface area contributed by atoms with E-state index in [1.54, 1.807) is 33.9 Å². The molecule has 1 unspecified atom stereocenters. The van der Waals surface area contributed by atoms with Gasteiger partial charge >= 0.3 is 6.03 Å². The number of halogens is 1. The van der Waals surface area contributed by atoms with Crippen molar-refractivity contribution in [2.75, 3.05) is 11.9 Å². The first-order chi connectivity index (χ1) is 20.3. The fourth-order valence-corrected chi connectivity index (χ4v) is 5.40. The number of anilines is 1. The fourth-order valence-electron chi connectivity index (χ4n) is 5.40. The highest BCUT2D eigenvalue weighted by molar-refractivity contribution is 6.08. The van der Waals surface area contributed by atoms with E-state index >= 15 is 0 Å². The molecule has 3 amide bonds. The van der Waals surface area contributed by atoms with E-state index in [9.17, 15) is 14.0 Å². The van der Waals surface area contributed by atoms with Gasteiger partial charge in [-0.1, -0.05) is 18.2 Å². The second-order valence-electron chi connectivity index (χ2n) is 10.3. The zero-order chi connectivity index (χ0) is 29.4. The third-order valence-corrected chi connectivity index (χ3v) is 7.56. The molecule has 4 heterocycles. The van der Waals surface area contributed by atoms with E-state index in [-0.39, 0.29) is 35.8 Å². The second-order valence-corrected chi connectivity index (χ2v) is 10.3. The Balaban J connectivity index is 1.25. The number of aliphatic hydroxyl groups excluding tert-OH is 1. The number of hydrogen-bond acceptors (Lipinski definition) is 5. The summed E-state index contributed by atoms with van der Waals surface area (Å²) >= 11 is 0. The molecular weight excluding hydrogens is 537 g/mol. The SMILES string of the molecule is C[C@H](NC(=O)c1cn(C)c2ccc(-c3ccn4nc(NC(=O)N5CCCC5C#CO)nc4c3)cc12)c1cccc(F)c1. The molecule has 1 aliphatic heterocycles. The molecule has 3 aromatic heterocycles. The second kappa shape index (κ2) is 10.9. The molecular formula is C31H28FN7O3. The standard InChI is InChI=1S/C31H28FN7O3/c1-19(20-5-3-6-23(32)15-20)33-29(41)26-18-37(2)27-9-8-21(16-25(26)27)22-10-13-39-28(17-22)34-30(36-39)35-31(42)38-12-4-7-24(38)11-14-40/h3,5-6,8-10,13,15-19,24,40H,4,7,12H2,1-2H3,(H,33,41)(H,35,36,42)/t19-,24?/m0/s1. The van der Waals surface area contributed by atoms with Crippen LogP contribution in [-0.4, -0.2) is 53.7 Å². The first-order valence-corrected chi connectivity index (χ1v) is 13.5. The van der Waals surface area contributed by atoms with Gasteiger partial charge in [0.1, 0.15) is 11.9 Å². The molecule has 5 aromatic rings. The van der Waals surface area contributed by atoms with Crippen LogP contribution in [0.1, 0.15) is 41.7 Å². The maximum atomic E-state index is 13.7. The van der Waals surface area contributed by atoms with Crippen LogP contribution in [0.15, 0.2) is 67.0 Å². The molecule has 10 nitrogen and oxygen atoms in total. The average molecular weight is 566 g/mol. The van der Waals surface area contributed by atoms with Gasteiger partial charge in [0.2, 0.25) is 0 Å². The van der Waals surface area contributed by atoms with Crippen LogP contribution >= 0.6 is 0 Å². The molecule has 212 valence electrons. The van der Waals surface area contributed by atoms with Crippen LogP contribution in [0, 0.1) is 17.8 Å². The third kappa shape index (κ3) is 5.10. The monoisotopic (exact) mass is 565 g/mol. The largest absolute Gasteiger partial charge is 0.462 e. The summed E-state index contributed by atoms with van der Waals surface area (Å²) in [4.78, 5) is 32.1. The maximum absolute atomic E-state index is 13.7. The zero-order valence-corrected chi connectivity index (χ0v) is 23.0. The Labute approximate surface area is 240 Å². The maximum Gasteiger partial charge on any atom is 0.325 e. The molecule has 0 radical (unpaired) electrons. The number of carbonyl (C=O) groups excluding carboxylic acids is 2. The Morgan fingerprint density at radius 2 is 1.98 bits per heavy atom. The predicted octanol–water partition coefficient (Wildman–Crippen LogP) is 4.85. The Bertz CT molecular complexity index is 1900. The van der Waals surface area contributed by atoms with Crippen LogP contribution in [0.4, 0.5) is 15.1 Å². The summed E-state index contributed by atoms with van der Waals surface area (Å²) in [5.74, 6) is 2.19.